The molecule has 3 nitrogen and oxygen atoms in total. The first-order chi connectivity index (χ1) is 5.77. The van der Waals surface area contributed by atoms with Crippen LogP contribution in [0.25, 0.3) is 0 Å². The Bertz CT molecular complexity index is 255. The van der Waals surface area contributed by atoms with Gasteiger partial charge in [0, 0.05) is 12.2 Å². The van der Waals surface area contributed by atoms with Crippen LogP contribution < -0.4 is 0 Å². The summed E-state index contributed by atoms with van der Waals surface area (Å²) >= 11 is 0. The van der Waals surface area contributed by atoms with Crippen LogP contribution >= 0.6 is 0 Å². The van der Waals surface area contributed by atoms with E-state index in [2.05, 4.69) is 25.1 Å². The van der Waals surface area contributed by atoms with Crippen molar-refractivity contribution >= 4 is 0 Å². The Morgan fingerprint density at radius 2 is 2.42 bits per heavy atom. The van der Waals surface area contributed by atoms with Gasteiger partial charge in [0.15, 0.2) is 0 Å². The van der Waals surface area contributed by atoms with Gasteiger partial charge in [0.05, 0.1) is 18.9 Å². The summed E-state index contributed by atoms with van der Waals surface area (Å²) in [5, 5.41) is 4.44. The summed E-state index contributed by atoms with van der Waals surface area (Å²) < 4.78 is 7.33. The second-order valence-corrected chi connectivity index (χ2v) is 3.48. The third-order valence-corrected chi connectivity index (χ3v) is 2.18. The van der Waals surface area contributed by atoms with Gasteiger partial charge in [-0.2, -0.15) is 5.10 Å². The lowest BCUT2D eigenvalue weighted by Gasteiger charge is -2.08. The Labute approximate surface area is 72.3 Å². The number of aromatic nitrogens is 2. The van der Waals surface area contributed by atoms with Crippen LogP contribution in [-0.2, 0) is 17.8 Å². The number of hydrogen-bond donors (Lipinski definition) is 0. The molecule has 2 heterocycles. The van der Waals surface area contributed by atoms with Crippen molar-refractivity contribution in [1.82, 2.24) is 9.78 Å². The molecule has 0 saturated carbocycles. The zero-order chi connectivity index (χ0) is 8.55. The minimum absolute atomic E-state index is 0.454. The molecule has 1 aliphatic rings. The molecule has 0 aromatic carbocycles. The van der Waals surface area contributed by atoms with E-state index in [0.717, 1.165) is 18.7 Å². The van der Waals surface area contributed by atoms with E-state index < -0.39 is 0 Å². The van der Waals surface area contributed by atoms with Gasteiger partial charge in [-0.25, -0.2) is 0 Å². The molecule has 2 rings (SSSR count). The Morgan fingerprint density at radius 3 is 3.08 bits per heavy atom. The first-order valence-corrected chi connectivity index (χ1v) is 4.42. The first-order valence-electron chi connectivity index (χ1n) is 4.42. The standard InChI is InChI=1S/C9H14N2O/c1-7(2)11-5-8-3-4-12-6-9(8)10-11/h5,7H,3-4,6H2,1-2H3. The number of nitrogens with zero attached hydrogens (tertiary/aromatic N) is 2. The summed E-state index contributed by atoms with van der Waals surface area (Å²) in [5.41, 5.74) is 2.48. The second kappa shape index (κ2) is 2.90. The SMILES string of the molecule is CC(C)n1cc2c(n1)COCC2. The van der Waals surface area contributed by atoms with Gasteiger partial charge in [0.1, 0.15) is 0 Å². The third kappa shape index (κ3) is 1.25. The topological polar surface area (TPSA) is 27.1 Å². The van der Waals surface area contributed by atoms with Gasteiger partial charge in [-0.05, 0) is 25.8 Å². The second-order valence-electron chi connectivity index (χ2n) is 3.48. The molecule has 0 atom stereocenters. The van der Waals surface area contributed by atoms with Gasteiger partial charge in [0.2, 0.25) is 0 Å². The Kier molecular flexibility index (Phi) is 1.89. The lowest BCUT2D eigenvalue weighted by Crippen LogP contribution is -2.08. The summed E-state index contributed by atoms with van der Waals surface area (Å²) in [7, 11) is 0. The van der Waals surface area contributed by atoms with E-state index in [9.17, 15) is 0 Å². The minimum Gasteiger partial charge on any atom is -0.375 e. The Balaban J connectivity index is 2.32. The number of fused-ring (bicyclic) bond motifs is 1. The lowest BCUT2D eigenvalue weighted by atomic mass is 10.2. The van der Waals surface area contributed by atoms with Crippen molar-refractivity contribution in [2.24, 2.45) is 0 Å². The molecular weight excluding hydrogens is 152 g/mol. The van der Waals surface area contributed by atoms with Crippen LogP contribution in [0.4, 0.5) is 0 Å². The molecule has 0 radical (unpaired) electrons. The van der Waals surface area contributed by atoms with Gasteiger partial charge >= 0.3 is 0 Å². The zero-order valence-corrected chi connectivity index (χ0v) is 7.58. The number of rotatable bonds is 1. The Hall–Kier alpha value is -0.830. The summed E-state index contributed by atoms with van der Waals surface area (Å²) in [5.74, 6) is 0. The van der Waals surface area contributed by atoms with E-state index in [1.807, 2.05) is 4.68 Å². The average Bonchev–Trinajstić information content (AvgIpc) is 2.46. The van der Waals surface area contributed by atoms with E-state index in [4.69, 9.17) is 4.74 Å². The summed E-state index contributed by atoms with van der Waals surface area (Å²) in [6.45, 7) is 5.81. The minimum atomic E-state index is 0.454. The van der Waals surface area contributed by atoms with Gasteiger partial charge < -0.3 is 4.74 Å². The van der Waals surface area contributed by atoms with Crippen LogP contribution in [0.1, 0.15) is 31.1 Å². The molecule has 66 valence electrons. The molecule has 0 fully saturated rings. The highest BCUT2D eigenvalue weighted by Crippen LogP contribution is 2.16. The van der Waals surface area contributed by atoms with Crippen molar-refractivity contribution in [2.75, 3.05) is 6.61 Å². The van der Waals surface area contributed by atoms with Crippen molar-refractivity contribution in [2.45, 2.75) is 32.9 Å². The van der Waals surface area contributed by atoms with Crippen molar-refractivity contribution in [3.63, 3.8) is 0 Å². The number of ether oxygens (including phenoxy) is 1. The van der Waals surface area contributed by atoms with Crippen LogP contribution in [0, 0.1) is 0 Å². The van der Waals surface area contributed by atoms with Crippen molar-refractivity contribution in [3.8, 4) is 0 Å². The molecule has 3 heteroatoms. The Morgan fingerprint density at radius 1 is 1.58 bits per heavy atom. The van der Waals surface area contributed by atoms with Gasteiger partial charge in [-0.3, -0.25) is 4.68 Å². The molecule has 1 aromatic heterocycles. The van der Waals surface area contributed by atoms with E-state index in [1.165, 1.54) is 5.56 Å². The summed E-state index contributed by atoms with van der Waals surface area (Å²) in [6.07, 6.45) is 3.16. The predicted octanol–water partition coefficient (Wildman–Crippen LogP) is 1.54. The van der Waals surface area contributed by atoms with Gasteiger partial charge in [0.25, 0.3) is 0 Å². The third-order valence-electron chi connectivity index (χ3n) is 2.18. The highest BCUT2D eigenvalue weighted by Gasteiger charge is 2.14. The van der Waals surface area contributed by atoms with Gasteiger partial charge in [-0.1, -0.05) is 0 Å². The molecule has 0 saturated heterocycles. The highest BCUT2D eigenvalue weighted by atomic mass is 16.5. The molecule has 12 heavy (non-hydrogen) atoms. The number of hydrogen-bond acceptors (Lipinski definition) is 2. The lowest BCUT2D eigenvalue weighted by molar-refractivity contribution is 0.108. The van der Waals surface area contributed by atoms with Crippen molar-refractivity contribution in [3.05, 3.63) is 17.5 Å². The predicted molar refractivity (Wildman–Crippen MR) is 46.0 cm³/mol. The summed E-state index contributed by atoms with van der Waals surface area (Å²) in [4.78, 5) is 0. The smallest absolute Gasteiger partial charge is 0.0914 e. The van der Waals surface area contributed by atoms with E-state index in [0.29, 0.717) is 12.6 Å². The maximum atomic E-state index is 5.31. The maximum absolute atomic E-state index is 5.31. The van der Waals surface area contributed by atoms with Crippen LogP contribution in [0.2, 0.25) is 0 Å². The molecule has 0 amide bonds. The first kappa shape index (κ1) is 7.80. The van der Waals surface area contributed by atoms with Crippen LogP contribution in [-0.4, -0.2) is 16.4 Å². The highest BCUT2D eigenvalue weighted by molar-refractivity contribution is 5.18. The molecule has 0 unspecified atom stereocenters. The maximum Gasteiger partial charge on any atom is 0.0914 e. The molecule has 0 aliphatic carbocycles. The summed E-state index contributed by atoms with van der Waals surface area (Å²) in [6, 6.07) is 0.454. The average molecular weight is 166 g/mol. The quantitative estimate of drug-likeness (QED) is 0.632. The van der Waals surface area contributed by atoms with Crippen molar-refractivity contribution in [1.29, 1.82) is 0 Å². The molecule has 1 aromatic rings. The fourth-order valence-corrected chi connectivity index (χ4v) is 1.41. The van der Waals surface area contributed by atoms with Gasteiger partial charge in [-0.15, -0.1) is 0 Å². The van der Waals surface area contributed by atoms with Crippen molar-refractivity contribution < 1.29 is 4.74 Å². The molecule has 0 bridgehead atoms. The van der Waals surface area contributed by atoms with Crippen LogP contribution in [0.3, 0.4) is 0 Å². The fourth-order valence-electron chi connectivity index (χ4n) is 1.41. The van der Waals surface area contributed by atoms with Crippen LogP contribution in [0.5, 0.6) is 0 Å². The van der Waals surface area contributed by atoms with E-state index in [-0.39, 0.29) is 0 Å². The van der Waals surface area contributed by atoms with E-state index in [1.54, 1.807) is 0 Å². The zero-order valence-electron chi connectivity index (χ0n) is 7.58. The monoisotopic (exact) mass is 166 g/mol. The normalized spacial score (nSPS) is 16.6. The van der Waals surface area contributed by atoms with Crippen LogP contribution in [0.15, 0.2) is 6.20 Å². The van der Waals surface area contributed by atoms with E-state index >= 15 is 0 Å². The largest absolute Gasteiger partial charge is 0.375 e. The fraction of sp³-hybridized carbons (Fsp3) is 0.667. The molecule has 0 spiro atoms. The molecule has 0 N–H and O–H groups in total. The molecular formula is C9H14N2O. The molecule has 1 aliphatic heterocycles.